The van der Waals surface area contributed by atoms with Crippen LogP contribution in [0.15, 0.2) is 24.3 Å². The Balaban J connectivity index is 2.05. The fourth-order valence-electron chi connectivity index (χ4n) is 1.92. The number of rotatable bonds is 3. The minimum absolute atomic E-state index is 0.111. The third-order valence-corrected chi connectivity index (χ3v) is 3.36. The molecule has 0 unspecified atom stereocenters. The first-order chi connectivity index (χ1) is 9.11. The van der Waals surface area contributed by atoms with E-state index in [-0.39, 0.29) is 12.1 Å². The van der Waals surface area contributed by atoms with E-state index in [0.717, 1.165) is 11.3 Å². The van der Waals surface area contributed by atoms with Gasteiger partial charge in [-0.15, -0.1) is 0 Å². The zero-order chi connectivity index (χ0) is 13.8. The number of ether oxygens (including phenoxy) is 1. The van der Waals surface area contributed by atoms with Gasteiger partial charge in [-0.1, -0.05) is 12.1 Å². The van der Waals surface area contributed by atoms with Crippen LogP contribution in [0.25, 0.3) is 0 Å². The quantitative estimate of drug-likeness (QED) is 0.826. The molecular weight excluding hydrogens is 262 g/mol. The summed E-state index contributed by atoms with van der Waals surface area (Å²) < 4.78 is 4.91. The molecule has 1 aromatic carbocycles. The molecule has 6 heteroatoms. The Morgan fingerprint density at radius 3 is 2.63 bits per heavy atom. The van der Waals surface area contributed by atoms with Gasteiger partial charge < -0.3 is 15.4 Å². The van der Waals surface area contributed by atoms with E-state index in [0.29, 0.717) is 18.3 Å². The molecule has 0 spiro atoms. The minimum Gasteiger partial charge on any atom is -0.447 e. The van der Waals surface area contributed by atoms with Gasteiger partial charge in [-0.2, -0.15) is 0 Å². The van der Waals surface area contributed by atoms with Gasteiger partial charge in [0, 0.05) is 12.7 Å². The maximum Gasteiger partial charge on any atom is 0.414 e. The van der Waals surface area contributed by atoms with Gasteiger partial charge >= 0.3 is 6.09 Å². The molecule has 1 amide bonds. The van der Waals surface area contributed by atoms with Crippen molar-refractivity contribution >= 4 is 29.1 Å². The topological polar surface area (TPSA) is 53.6 Å². The lowest BCUT2D eigenvalue weighted by Crippen LogP contribution is -2.34. The van der Waals surface area contributed by atoms with E-state index < -0.39 is 0 Å². The third kappa shape index (κ3) is 3.14. The average molecular weight is 279 g/mol. The molecule has 5 nitrogen and oxygen atoms in total. The minimum atomic E-state index is -0.282. The molecule has 1 fully saturated rings. The molecule has 0 aliphatic carbocycles. The highest BCUT2D eigenvalue weighted by Crippen LogP contribution is 2.21. The fraction of sp³-hybridized carbons (Fsp3) is 0.385. The van der Waals surface area contributed by atoms with Gasteiger partial charge in [0.05, 0.1) is 12.6 Å². The van der Waals surface area contributed by atoms with Crippen molar-refractivity contribution in [1.29, 1.82) is 0 Å². The smallest absolute Gasteiger partial charge is 0.414 e. The monoisotopic (exact) mass is 279 g/mol. The van der Waals surface area contributed by atoms with Crippen LogP contribution in [0, 0.1) is 0 Å². The molecule has 2 N–H and O–H groups in total. The third-order valence-electron chi connectivity index (χ3n) is 3.04. The van der Waals surface area contributed by atoms with Crippen molar-refractivity contribution < 1.29 is 9.53 Å². The van der Waals surface area contributed by atoms with E-state index in [1.165, 1.54) is 0 Å². The van der Waals surface area contributed by atoms with Crippen LogP contribution in [0.5, 0.6) is 0 Å². The first-order valence-electron chi connectivity index (χ1n) is 6.14. The molecule has 1 aliphatic rings. The van der Waals surface area contributed by atoms with E-state index in [2.05, 4.69) is 10.6 Å². The second-order valence-electron chi connectivity index (χ2n) is 4.30. The lowest BCUT2D eigenvalue weighted by Gasteiger charge is -2.18. The summed E-state index contributed by atoms with van der Waals surface area (Å²) in [6.07, 6.45) is -0.282. The van der Waals surface area contributed by atoms with Gasteiger partial charge in [-0.3, -0.25) is 4.90 Å². The molecule has 102 valence electrons. The van der Waals surface area contributed by atoms with E-state index >= 15 is 0 Å². The Hall–Kier alpha value is -1.82. The van der Waals surface area contributed by atoms with E-state index in [9.17, 15) is 4.79 Å². The molecule has 0 radical (unpaired) electrons. The number of nitrogens with one attached hydrogen (secondary N) is 2. The van der Waals surface area contributed by atoms with Crippen LogP contribution in [0.4, 0.5) is 10.5 Å². The molecule has 0 bridgehead atoms. The van der Waals surface area contributed by atoms with Gasteiger partial charge in [0.1, 0.15) is 6.61 Å². The number of hydrogen-bond acceptors (Lipinski definition) is 3. The zero-order valence-electron chi connectivity index (χ0n) is 11.0. The standard InChI is InChI=1S/C13H17N3O2S/c1-9(15-12(19)14-2)10-3-5-11(6-4-10)16-7-8-18-13(16)17/h3-6,9H,7-8H2,1-2H3,(H2,14,15,19)/t9-/m0/s1. The Morgan fingerprint density at radius 1 is 1.42 bits per heavy atom. The maximum absolute atomic E-state index is 11.4. The predicted octanol–water partition coefficient (Wildman–Crippen LogP) is 1.80. The summed E-state index contributed by atoms with van der Waals surface area (Å²) in [5.41, 5.74) is 1.96. The Bertz CT molecular complexity index is 475. The van der Waals surface area contributed by atoms with Gasteiger partial charge in [0.2, 0.25) is 0 Å². The van der Waals surface area contributed by atoms with Crippen molar-refractivity contribution in [3.63, 3.8) is 0 Å². The normalized spacial score (nSPS) is 15.9. The number of anilines is 1. The average Bonchev–Trinajstić information content (AvgIpc) is 2.85. The summed E-state index contributed by atoms with van der Waals surface area (Å²) in [6, 6.07) is 7.92. The number of thiocarbonyl (C=S) groups is 1. The van der Waals surface area contributed by atoms with Gasteiger partial charge in [0.15, 0.2) is 5.11 Å². The van der Waals surface area contributed by atoms with E-state index in [4.69, 9.17) is 17.0 Å². The zero-order valence-corrected chi connectivity index (χ0v) is 11.8. The van der Waals surface area contributed by atoms with Crippen LogP contribution in [0.1, 0.15) is 18.5 Å². The van der Waals surface area contributed by atoms with Crippen molar-refractivity contribution in [2.24, 2.45) is 0 Å². The number of benzene rings is 1. The highest BCUT2D eigenvalue weighted by Gasteiger charge is 2.23. The fourth-order valence-corrected chi connectivity index (χ4v) is 2.10. The second kappa shape index (κ2) is 5.88. The predicted molar refractivity (Wildman–Crippen MR) is 78.3 cm³/mol. The molecule has 1 atom stereocenters. The molecule has 1 saturated heterocycles. The lowest BCUT2D eigenvalue weighted by atomic mass is 10.1. The second-order valence-corrected chi connectivity index (χ2v) is 4.71. The molecular formula is C13H17N3O2S. The van der Waals surface area contributed by atoms with Crippen LogP contribution in [-0.2, 0) is 4.74 Å². The lowest BCUT2D eigenvalue weighted by molar-refractivity contribution is 0.181. The summed E-state index contributed by atoms with van der Waals surface area (Å²) in [4.78, 5) is 13.1. The highest BCUT2D eigenvalue weighted by molar-refractivity contribution is 7.80. The molecule has 0 saturated carbocycles. The number of carbonyl (C=O) groups excluding carboxylic acids is 1. The number of cyclic esters (lactones) is 1. The summed E-state index contributed by atoms with van der Waals surface area (Å²) >= 11 is 5.07. The Labute approximate surface area is 117 Å². The van der Waals surface area contributed by atoms with Crippen molar-refractivity contribution in [3.8, 4) is 0 Å². The van der Waals surface area contributed by atoms with Crippen LogP contribution in [-0.4, -0.2) is 31.4 Å². The number of carbonyl (C=O) groups is 1. The largest absolute Gasteiger partial charge is 0.447 e. The molecule has 1 aliphatic heterocycles. The summed E-state index contributed by atoms with van der Waals surface area (Å²) in [5, 5.41) is 6.65. The van der Waals surface area contributed by atoms with Crippen LogP contribution in [0.3, 0.4) is 0 Å². The van der Waals surface area contributed by atoms with Crippen LogP contribution in [0.2, 0.25) is 0 Å². The van der Waals surface area contributed by atoms with Crippen molar-refractivity contribution in [2.75, 3.05) is 25.1 Å². The highest BCUT2D eigenvalue weighted by atomic mass is 32.1. The van der Waals surface area contributed by atoms with Gasteiger partial charge in [-0.25, -0.2) is 4.79 Å². The first kappa shape index (κ1) is 13.6. The molecule has 19 heavy (non-hydrogen) atoms. The van der Waals surface area contributed by atoms with E-state index in [1.807, 2.05) is 31.2 Å². The summed E-state index contributed by atoms with van der Waals surface area (Å²) in [6.45, 7) is 3.09. The Kier molecular flexibility index (Phi) is 4.21. The summed E-state index contributed by atoms with van der Waals surface area (Å²) in [7, 11) is 1.78. The first-order valence-corrected chi connectivity index (χ1v) is 6.55. The SMILES string of the molecule is CNC(=S)N[C@@H](C)c1ccc(N2CCOC2=O)cc1. The van der Waals surface area contributed by atoms with Crippen LogP contribution < -0.4 is 15.5 Å². The van der Waals surface area contributed by atoms with Crippen molar-refractivity contribution in [1.82, 2.24) is 10.6 Å². The maximum atomic E-state index is 11.4. The van der Waals surface area contributed by atoms with Crippen LogP contribution >= 0.6 is 12.2 Å². The van der Waals surface area contributed by atoms with Crippen molar-refractivity contribution in [2.45, 2.75) is 13.0 Å². The molecule has 2 rings (SSSR count). The van der Waals surface area contributed by atoms with E-state index in [1.54, 1.807) is 11.9 Å². The Morgan fingerprint density at radius 2 is 2.11 bits per heavy atom. The molecule has 1 heterocycles. The summed E-state index contributed by atoms with van der Waals surface area (Å²) in [5.74, 6) is 0. The number of nitrogens with zero attached hydrogens (tertiary/aromatic N) is 1. The molecule has 1 aromatic rings. The number of hydrogen-bond donors (Lipinski definition) is 2. The van der Waals surface area contributed by atoms with Crippen molar-refractivity contribution in [3.05, 3.63) is 29.8 Å². The molecule has 0 aromatic heterocycles. The number of amides is 1. The van der Waals surface area contributed by atoms with Gasteiger partial charge in [-0.05, 0) is 36.8 Å². The van der Waals surface area contributed by atoms with Gasteiger partial charge in [0.25, 0.3) is 0 Å².